The van der Waals surface area contributed by atoms with Gasteiger partial charge in [0.05, 0.1) is 19.3 Å². The van der Waals surface area contributed by atoms with Gasteiger partial charge in [0.1, 0.15) is 17.6 Å². The van der Waals surface area contributed by atoms with Gasteiger partial charge >= 0.3 is 0 Å². The molecule has 1 aromatic rings. The minimum Gasteiger partial charge on any atom is -0.496 e. The first-order valence-electron chi connectivity index (χ1n) is 7.28. The highest BCUT2D eigenvalue weighted by molar-refractivity contribution is 5.46. The quantitative estimate of drug-likeness (QED) is 0.754. The summed E-state index contributed by atoms with van der Waals surface area (Å²) in [6.07, 6.45) is 0.00892. The Morgan fingerprint density at radius 2 is 1.85 bits per heavy atom. The molecule has 0 saturated heterocycles. The standard InChI is InChI=1S/C16H27NO3/c1-6-17-13(4)16-14(18-5)9-8-10-15(16)20-12(3)11-19-7-2/h8-10,12-13,17H,6-7,11H2,1-5H3. The molecule has 0 bridgehead atoms. The lowest BCUT2D eigenvalue weighted by Gasteiger charge is -2.23. The Morgan fingerprint density at radius 1 is 1.15 bits per heavy atom. The van der Waals surface area contributed by atoms with Gasteiger partial charge in [-0.25, -0.2) is 0 Å². The Morgan fingerprint density at radius 3 is 2.45 bits per heavy atom. The van der Waals surface area contributed by atoms with Crippen molar-refractivity contribution in [3.8, 4) is 11.5 Å². The van der Waals surface area contributed by atoms with E-state index in [4.69, 9.17) is 14.2 Å². The minimum absolute atomic E-state index is 0.00892. The van der Waals surface area contributed by atoms with Gasteiger partial charge < -0.3 is 19.5 Å². The molecule has 1 N–H and O–H groups in total. The van der Waals surface area contributed by atoms with Crippen LogP contribution in [0.5, 0.6) is 11.5 Å². The van der Waals surface area contributed by atoms with E-state index in [2.05, 4.69) is 19.2 Å². The summed E-state index contributed by atoms with van der Waals surface area (Å²) in [6, 6.07) is 6.06. The average Bonchev–Trinajstić information content (AvgIpc) is 2.44. The lowest BCUT2D eigenvalue weighted by molar-refractivity contribution is 0.0648. The Hall–Kier alpha value is -1.26. The van der Waals surface area contributed by atoms with Crippen molar-refractivity contribution in [3.05, 3.63) is 23.8 Å². The van der Waals surface area contributed by atoms with Gasteiger partial charge in [0.15, 0.2) is 0 Å². The molecule has 0 aromatic heterocycles. The Balaban J connectivity index is 2.93. The van der Waals surface area contributed by atoms with E-state index in [-0.39, 0.29) is 12.1 Å². The molecule has 1 rings (SSSR count). The molecule has 4 nitrogen and oxygen atoms in total. The zero-order valence-corrected chi connectivity index (χ0v) is 13.2. The fraction of sp³-hybridized carbons (Fsp3) is 0.625. The van der Waals surface area contributed by atoms with Crippen LogP contribution in [0.4, 0.5) is 0 Å². The van der Waals surface area contributed by atoms with Crippen LogP contribution in [0.2, 0.25) is 0 Å². The van der Waals surface area contributed by atoms with E-state index in [1.165, 1.54) is 0 Å². The van der Waals surface area contributed by atoms with Crippen molar-refractivity contribution >= 4 is 0 Å². The molecule has 0 spiro atoms. The van der Waals surface area contributed by atoms with Crippen LogP contribution in [0, 0.1) is 0 Å². The van der Waals surface area contributed by atoms with Gasteiger partial charge in [-0.15, -0.1) is 0 Å². The van der Waals surface area contributed by atoms with E-state index in [1.54, 1.807) is 7.11 Å². The van der Waals surface area contributed by atoms with Gasteiger partial charge in [-0.2, -0.15) is 0 Å². The SMILES string of the molecule is CCNC(C)c1c(OC)cccc1OC(C)COCC. The topological polar surface area (TPSA) is 39.7 Å². The van der Waals surface area contributed by atoms with Crippen molar-refractivity contribution in [2.75, 3.05) is 26.9 Å². The first-order valence-corrected chi connectivity index (χ1v) is 7.28. The first-order chi connectivity index (χ1) is 9.63. The van der Waals surface area contributed by atoms with Crippen molar-refractivity contribution in [1.29, 1.82) is 0 Å². The molecular weight excluding hydrogens is 254 g/mol. The lowest BCUT2D eigenvalue weighted by Crippen LogP contribution is -2.23. The Kier molecular flexibility index (Phi) is 7.41. The third kappa shape index (κ3) is 4.69. The molecule has 0 heterocycles. The third-order valence-corrected chi connectivity index (χ3v) is 3.07. The highest BCUT2D eigenvalue weighted by Gasteiger charge is 2.18. The van der Waals surface area contributed by atoms with Crippen molar-refractivity contribution < 1.29 is 14.2 Å². The molecule has 1 aromatic carbocycles. The molecule has 0 saturated carbocycles. The molecule has 2 unspecified atom stereocenters. The van der Waals surface area contributed by atoms with Gasteiger partial charge in [0, 0.05) is 12.6 Å². The van der Waals surface area contributed by atoms with Crippen LogP contribution in [0.1, 0.15) is 39.3 Å². The molecule has 0 fully saturated rings. The summed E-state index contributed by atoms with van der Waals surface area (Å²) in [6.45, 7) is 10.4. The second kappa shape index (κ2) is 8.82. The van der Waals surface area contributed by atoms with Crippen molar-refractivity contribution in [2.45, 2.75) is 39.8 Å². The van der Waals surface area contributed by atoms with Gasteiger partial charge in [-0.05, 0) is 39.4 Å². The first kappa shape index (κ1) is 16.8. The largest absolute Gasteiger partial charge is 0.496 e. The van der Waals surface area contributed by atoms with Crippen LogP contribution in [0.3, 0.4) is 0 Å². The normalized spacial score (nSPS) is 13.8. The van der Waals surface area contributed by atoms with Gasteiger partial charge in [-0.1, -0.05) is 13.0 Å². The number of hydrogen-bond donors (Lipinski definition) is 1. The zero-order chi connectivity index (χ0) is 15.0. The fourth-order valence-electron chi connectivity index (χ4n) is 2.17. The van der Waals surface area contributed by atoms with Gasteiger partial charge in [-0.3, -0.25) is 0 Å². The maximum absolute atomic E-state index is 6.01. The predicted molar refractivity (Wildman–Crippen MR) is 81.7 cm³/mol. The molecule has 0 aliphatic rings. The van der Waals surface area contributed by atoms with E-state index < -0.39 is 0 Å². The van der Waals surface area contributed by atoms with Crippen LogP contribution in [0.25, 0.3) is 0 Å². The van der Waals surface area contributed by atoms with Crippen LogP contribution in [0.15, 0.2) is 18.2 Å². The van der Waals surface area contributed by atoms with E-state index in [0.29, 0.717) is 13.2 Å². The molecule has 0 amide bonds. The van der Waals surface area contributed by atoms with Crippen molar-refractivity contribution in [1.82, 2.24) is 5.32 Å². The van der Waals surface area contributed by atoms with Crippen LogP contribution < -0.4 is 14.8 Å². The van der Waals surface area contributed by atoms with Crippen LogP contribution in [-0.4, -0.2) is 33.0 Å². The molecule has 0 aliphatic heterocycles. The Labute approximate surface area is 122 Å². The van der Waals surface area contributed by atoms with Crippen LogP contribution >= 0.6 is 0 Å². The second-order valence-corrected chi connectivity index (χ2v) is 4.74. The number of methoxy groups -OCH3 is 1. The van der Waals surface area contributed by atoms with E-state index in [0.717, 1.165) is 23.6 Å². The Bertz CT molecular complexity index is 395. The number of rotatable bonds is 9. The number of nitrogens with one attached hydrogen (secondary N) is 1. The van der Waals surface area contributed by atoms with Gasteiger partial charge in [0.25, 0.3) is 0 Å². The molecule has 114 valence electrons. The average molecular weight is 281 g/mol. The summed E-state index contributed by atoms with van der Waals surface area (Å²) in [5.74, 6) is 1.70. The van der Waals surface area contributed by atoms with Gasteiger partial charge in [0.2, 0.25) is 0 Å². The second-order valence-electron chi connectivity index (χ2n) is 4.74. The summed E-state index contributed by atoms with van der Waals surface area (Å²) in [4.78, 5) is 0. The third-order valence-electron chi connectivity index (χ3n) is 3.07. The summed E-state index contributed by atoms with van der Waals surface area (Å²) in [5.41, 5.74) is 1.06. The maximum atomic E-state index is 6.01. The highest BCUT2D eigenvalue weighted by atomic mass is 16.5. The minimum atomic E-state index is 0.00892. The molecule has 2 atom stereocenters. The van der Waals surface area contributed by atoms with Crippen LogP contribution in [-0.2, 0) is 4.74 Å². The predicted octanol–water partition coefficient (Wildman–Crippen LogP) is 3.17. The van der Waals surface area contributed by atoms with Crippen molar-refractivity contribution in [3.63, 3.8) is 0 Å². The summed E-state index contributed by atoms with van der Waals surface area (Å²) in [7, 11) is 1.69. The van der Waals surface area contributed by atoms with Crippen molar-refractivity contribution in [2.24, 2.45) is 0 Å². The van der Waals surface area contributed by atoms with E-state index in [1.807, 2.05) is 32.0 Å². The van der Waals surface area contributed by atoms with E-state index >= 15 is 0 Å². The molecule has 4 heteroatoms. The number of benzene rings is 1. The highest BCUT2D eigenvalue weighted by Crippen LogP contribution is 2.34. The monoisotopic (exact) mass is 281 g/mol. The summed E-state index contributed by atoms with van der Waals surface area (Å²) in [5, 5.41) is 3.40. The summed E-state index contributed by atoms with van der Waals surface area (Å²) < 4.78 is 16.9. The van der Waals surface area contributed by atoms with E-state index in [9.17, 15) is 0 Å². The smallest absolute Gasteiger partial charge is 0.128 e. The molecule has 20 heavy (non-hydrogen) atoms. The molecular formula is C16H27NO3. The molecule has 0 aliphatic carbocycles. The summed E-state index contributed by atoms with van der Waals surface area (Å²) >= 11 is 0. The fourth-order valence-corrected chi connectivity index (χ4v) is 2.17. The zero-order valence-electron chi connectivity index (χ0n) is 13.2. The number of ether oxygens (including phenoxy) is 3. The lowest BCUT2D eigenvalue weighted by atomic mass is 10.1. The number of hydrogen-bond acceptors (Lipinski definition) is 4. The molecule has 0 radical (unpaired) electrons. The maximum Gasteiger partial charge on any atom is 0.128 e.